The van der Waals surface area contributed by atoms with Gasteiger partial charge in [0.1, 0.15) is 11.3 Å². The summed E-state index contributed by atoms with van der Waals surface area (Å²) < 4.78 is 79.4. The second kappa shape index (κ2) is 7.25. The van der Waals surface area contributed by atoms with Crippen LogP contribution < -0.4 is 5.32 Å². The maximum Gasteiger partial charge on any atom is 0.416 e. The minimum absolute atomic E-state index is 0.00913. The molecule has 11 heteroatoms. The third kappa shape index (κ3) is 4.31. The largest absolute Gasteiger partial charge is 0.416 e. The van der Waals surface area contributed by atoms with Crippen molar-refractivity contribution in [3.05, 3.63) is 64.1 Å². The molecule has 0 unspecified atom stereocenters. The van der Waals surface area contributed by atoms with Crippen molar-refractivity contribution in [2.24, 2.45) is 0 Å². The number of nitrogens with zero attached hydrogens (tertiary/aromatic N) is 2. The second-order valence-electron chi connectivity index (χ2n) is 6.08. The van der Waals surface area contributed by atoms with Gasteiger partial charge in [-0.2, -0.15) is 26.3 Å². The maximum absolute atomic E-state index is 13.0. The molecule has 2 aromatic heterocycles. The normalized spacial score (nSPS) is 12.4. The Bertz CT molecular complexity index is 1060. The van der Waals surface area contributed by atoms with Gasteiger partial charge in [0.25, 0.3) is 5.91 Å². The van der Waals surface area contributed by atoms with E-state index in [0.717, 1.165) is 0 Å². The molecule has 0 saturated carbocycles. The number of carbonyl (C=O) groups is 1. The van der Waals surface area contributed by atoms with Crippen LogP contribution in [0.25, 0.3) is 5.65 Å². The van der Waals surface area contributed by atoms with E-state index in [1.54, 1.807) is 6.92 Å². The van der Waals surface area contributed by atoms with Crippen molar-refractivity contribution >= 4 is 28.8 Å². The molecule has 1 N–H and O–H groups in total. The van der Waals surface area contributed by atoms with Crippen LogP contribution in [0.2, 0.25) is 5.02 Å². The molecule has 2 heterocycles. The van der Waals surface area contributed by atoms with Gasteiger partial charge in [0.05, 0.1) is 16.8 Å². The van der Waals surface area contributed by atoms with Crippen LogP contribution >= 0.6 is 11.6 Å². The van der Waals surface area contributed by atoms with Crippen molar-refractivity contribution in [2.45, 2.75) is 25.7 Å². The zero-order valence-corrected chi connectivity index (χ0v) is 15.4. The predicted molar refractivity (Wildman–Crippen MR) is 94.0 cm³/mol. The molecule has 4 nitrogen and oxygen atoms in total. The fourth-order valence-electron chi connectivity index (χ4n) is 2.77. The number of hydrogen-bond donors (Lipinski definition) is 1. The number of benzene rings is 1. The van der Waals surface area contributed by atoms with Gasteiger partial charge in [-0.15, -0.1) is 0 Å². The smallest absolute Gasteiger partial charge is 0.321 e. The van der Waals surface area contributed by atoms with E-state index in [0.29, 0.717) is 34.9 Å². The van der Waals surface area contributed by atoms with Crippen LogP contribution in [0, 0.1) is 0 Å². The minimum atomic E-state index is -5.02. The Morgan fingerprint density at radius 3 is 2.17 bits per heavy atom. The van der Waals surface area contributed by atoms with Gasteiger partial charge in [0, 0.05) is 23.0 Å². The average Bonchev–Trinajstić information content (AvgIpc) is 2.97. The minimum Gasteiger partial charge on any atom is -0.321 e. The molecular formula is C18H12ClF6N3O. The van der Waals surface area contributed by atoms with Gasteiger partial charge >= 0.3 is 12.4 Å². The van der Waals surface area contributed by atoms with Gasteiger partial charge in [0.2, 0.25) is 0 Å². The number of rotatable bonds is 3. The third-order valence-corrected chi connectivity index (χ3v) is 4.29. The number of aryl methyl sites for hydroxylation is 1. The molecule has 0 bridgehead atoms. The number of alkyl halides is 6. The SMILES string of the molecule is CCc1nc2cc(Cl)ccn2c1C(=O)Nc1cc(C(F)(F)F)cc(C(F)(F)F)c1. The molecular weight excluding hydrogens is 424 g/mol. The lowest BCUT2D eigenvalue weighted by Crippen LogP contribution is -2.18. The lowest BCUT2D eigenvalue weighted by Gasteiger charge is -2.15. The van der Waals surface area contributed by atoms with E-state index in [1.165, 1.54) is 22.7 Å². The molecule has 29 heavy (non-hydrogen) atoms. The van der Waals surface area contributed by atoms with Crippen molar-refractivity contribution in [1.82, 2.24) is 9.38 Å². The van der Waals surface area contributed by atoms with Crippen molar-refractivity contribution in [1.29, 1.82) is 0 Å². The third-order valence-electron chi connectivity index (χ3n) is 4.06. The van der Waals surface area contributed by atoms with E-state index in [4.69, 9.17) is 11.6 Å². The molecule has 3 rings (SSSR count). The van der Waals surface area contributed by atoms with E-state index in [1.807, 2.05) is 0 Å². The second-order valence-corrected chi connectivity index (χ2v) is 6.52. The summed E-state index contributed by atoms with van der Waals surface area (Å²) in [5.74, 6) is -0.899. The number of pyridine rings is 1. The highest BCUT2D eigenvalue weighted by atomic mass is 35.5. The van der Waals surface area contributed by atoms with Gasteiger partial charge in [0.15, 0.2) is 0 Å². The molecule has 1 amide bonds. The number of aromatic nitrogens is 2. The molecule has 0 atom stereocenters. The highest BCUT2D eigenvalue weighted by Gasteiger charge is 2.37. The zero-order valence-electron chi connectivity index (χ0n) is 14.6. The quantitative estimate of drug-likeness (QED) is 0.525. The van der Waals surface area contributed by atoms with Gasteiger partial charge in [-0.05, 0) is 30.7 Å². The number of halogens is 7. The Balaban J connectivity index is 2.06. The number of nitrogens with one attached hydrogen (secondary N) is 1. The van der Waals surface area contributed by atoms with Crippen LogP contribution in [-0.4, -0.2) is 15.3 Å². The van der Waals surface area contributed by atoms with Crippen LogP contribution in [0.3, 0.4) is 0 Å². The van der Waals surface area contributed by atoms with E-state index < -0.39 is 35.1 Å². The van der Waals surface area contributed by atoms with Crippen LogP contribution in [-0.2, 0) is 18.8 Å². The number of anilines is 1. The van der Waals surface area contributed by atoms with E-state index >= 15 is 0 Å². The molecule has 0 saturated heterocycles. The molecule has 3 aromatic rings. The summed E-state index contributed by atoms with van der Waals surface area (Å²) in [6.45, 7) is 1.70. The number of imidazole rings is 1. The Morgan fingerprint density at radius 1 is 1.07 bits per heavy atom. The van der Waals surface area contributed by atoms with Gasteiger partial charge in [-0.3, -0.25) is 9.20 Å². The Labute approximate surface area is 165 Å². The van der Waals surface area contributed by atoms with Crippen molar-refractivity contribution in [3.63, 3.8) is 0 Å². The highest BCUT2D eigenvalue weighted by Crippen LogP contribution is 2.37. The van der Waals surface area contributed by atoms with Gasteiger partial charge < -0.3 is 5.32 Å². The van der Waals surface area contributed by atoms with Crippen LogP contribution in [0.15, 0.2) is 36.5 Å². The first-order valence-electron chi connectivity index (χ1n) is 8.17. The van der Waals surface area contributed by atoms with Crippen LogP contribution in [0.1, 0.15) is 34.2 Å². The first-order valence-corrected chi connectivity index (χ1v) is 8.55. The highest BCUT2D eigenvalue weighted by molar-refractivity contribution is 6.30. The molecule has 0 fully saturated rings. The molecule has 0 radical (unpaired) electrons. The Kier molecular flexibility index (Phi) is 5.24. The summed E-state index contributed by atoms with van der Waals surface area (Å²) in [6.07, 6.45) is -8.30. The monoisotopic (exact) mass is 435 g/mol. The van der Waals surface area contributed by atoms with Crippen LogP contribution in [0.4, 0.5) is 32.0 Å². The van der Waals surface area contributed by atoms with Gasteiger partial charge in [-0.25, -0.2) is 4.98 Å². The van der Waals surface area contributed by atoms with Crippen molar-refractivity contribution < 1.29 is 31.1 Å². The standard InChI is InChI=1S/C18H12ClF6N3O/c1-2-13-15(28-4-3-11(19)8-14(28)27-13)16(29)26-12-6-9(17(20,21)22)5-10(7-12)18(23,24)25/h3-8H,2H2,1H3,(H,26,29). The molecule has 0 aliphatic heterocycles. The summed E-state index contributed by atoms with van der Waals surface area (Å²) in [5, 5.41) is 2.47. The first kappa shape index (κ1) is 21.0. The molecule has 0 spiro atoms. The fourth-order valence-corrected chi connectivity index (χ4v) is 2.93. The Morgan fingerprint density at radius 2 is 1.66 bits per heavy atom. The number of carbonyl (C=O) groups excluding carboxylic acids is 1. The van der Waals surface area contributed by atoms with E-state index in [2.05, 4.69) is 10.3 Å². The molecule has 0 aliphatic carbocycles. The first-order chi connectivity index (χ1) is 13.4. The molecule has 1 aromatic carbocycles. The maximum atomic E-state index is 13.0. The summed E-state index contributed by atoms with van der Waals surface area (Å²) >= 11 is 5.89. The molecule has 154 valence electrons. The summed E-state index contributed by atoms with van der Waals surface area (Å²) in [7, 11) is 0. The summed E-state index contributed by atoms with van der Waals surface area (Å²) in [4.78, 5) is 16.9. The molecule has 0 aliphatic rings. The zero-order chi connectivity index (χ0) is 21.6. The predicted octanol–water partition coefficient (Wildman–Crippen LogP) is 5.84. The summed E-state index contributed by atoms with van der Waals surface area (Å²) in [5.41, 5.74) is -3.06. The van der Waals surface area contributed by atoms with Gasteiger partial charge in [-0.1, -0.05) is 18.5 Å². The van der Waals surface area contributed by atoms with Crippen molar-refractivity contribution in [3.8, 4) is 0 Å². The Hall–Kier alpha value is -2.75. The van der Waals surface area contributed by atoms with E-state index in [-0.39, 0.29) is 11.8 Å². The van der Waals surface area contributed by atoms with Crippen molar-refractivity contribution in [2.75, 3.05) is 5.32 Å². The van der Waals surface area contributed by atoms with Crippen LogP contribution in [0.5, 0.6) is 0 Å². The lowest BCUT2D eigenvalue weighted by atomic mass is 10.1. The lowest BCUT2D eigenvalue weighted by molar-refractivity contribution is -0.143. The number of hydrogen-bond acceptors (Lipinski definition) is 2. The number of amides is 1. The summed E-state index contributed by atoms with van der Waals surface area (Å²) in [6, 6.07) is 3.82. The average molecular weight is 436 g/mol. The number of fused-ring (bicyclic) bond motifs is 1. The van der Waals surface area contributed by atoms with E-state index in [9.17, 15) is 31.1 Å². The fraction of sp³-hybridized carbons (Fsp3) is 0.222. The topological polar surface area (TPSA) is 46.4 Å².